The van der Waals surface area contributed by atoms with Crippen molar-refractivity contribution in [2.75, 3.05) is 33.2 Å². The molecular formula is C38H54ClN3O10S. The van der Waals surface area contributed by atoms with E-state index >= 15 is 0 Å². The number of aliphatic hydroxyl groups is 1. The minimum Gasteiger partial charge on any atom is -0.495 e. The number of rotatable bonds is 8. The van der Waals surface area contributed by atoms with Crippen molar-refractivity contribution in [3.8, 4) is 5.75 Å². The molecule has 3 aliphatic heterocycles. The van der Waals surface area contributed by atoms with Crippen molar-refractivity contribution in [1.29, 1.82) is 0 Å². The second-order valence-electron chi connectivity index (χ2n) is 15.2. The summed E-state index contributed by atoms with van der Waals surface area (Å²) in [5, 5.41) is 14.5. The average molecular weight is 780 g/mol. The van der Waals surface area contributed by atoms with Crippen molar-refractivity contribution in [2.24, 2.45) is 5.92 Å². The number of carbonyl (C=O) groups excluding carboxylic acids is 4. The Hall–Kier alpha value is -3.30. The van der Waals surface area contributed by atoms with E-state index in [1.165, 1.54) is 31.1 Å². The van der Waals surface area contributed by atoms with Crippen LogP contribution in [0, 0.1) is 5.92 Å². The maximum absolute atomic E-state index is 14.1. The molecule has 3 amide bonds. The fourth-order valence-electron chi connectivity index (χ4n) is 6.81. The van der Waals surface area contributed by atoms with Crippen LogP contribution in [0.25, 0.3) is 0 Å². The number of allylic oxidation sites excluding steroid dienone is 3. The molecule has 2 N–H and O–H groups in total. The number of thiol groups is 1. The summed E-state index contributed by atoms with van der Waals surface area (Å²) in [7, 11) is 6.02. The Bertz CT molecular complexity index is 1630. The zero-order valence-corrected chi connectivity index (χ0v) is 33.9. The Kier molecular flexibility index (Phi) is 13.3. The number of hydrogen-bond donors (Lipinski definition) is 3. The number of hydrogen-bond acceptors (Lipinski definition) is 11. The first kappa shape index (κ1) is 42.4. The smallest absolute Gasteiger partial charge is 0.409 e. The third-order valence-electron chi connectivity index (χ3n) is 10.5. The third kappa shape index (κ3) is 9.88. The van der Waals surface area contributed by atoms with Crippen LogP contribution in [0.3, 0.4) is 0 Å². The first-order valence-electron chi connectivity index (χ1n) is 17.7. The maximum atomic E-state index is 14.1. The minimum absolute atomic E-state index is 0.0509. The molecule has 13 nitrogen and oxygen atoms in total. The molecule has 53 heavy (non-hydrogen) atoms. The highest BCUT2D eigenvalue weighted by Crippen LogP contribution is 2.49. The van der Waals surface area contributed by atoms with Gasteiger partial charge in [-0.1, -0.05) is 56.2 Å². The standard InChI is InChI=1S/C38H54ClN3O10S/c1-21-12-11-13-28(49-10)38(47)20-27(50-35(46)40-38)22(2)33-37(6,52-33)29(51-34(45)23(3)41(7)30(43)14-15-36(4,5)53)19-31(44)42(8)25-17-24(16-21)18-26(48-9)32(25)39/h11-13,17-18,22-23,27-29,33,47,53H,14-16,19-20H2,1-10H3,(H,40,46)/b13-11+,21-12+/t22-,23-,27?,28-,29+,33+,37+,38+/m1/s1. The van der Waals surface area contributed by atoms with E-state index in [2.05, 4.69) is 17.9 Å². The molecule has 1 aromatic rings. The molecule has 0 aromatic heterocycles. The number of fused-ring (bicyclic) bond motifs is 5. The minimum atomic E-state index is -1.83. The van der Waals surface area contributed by atoms with Crippen LogP contribution in [0.5, 0.6) is 5.75 Å². The number of benzene rings is 1. The summed E-state index contributed by atoms with van der Waals surface area (Å²) in [4.78, 5) is 56.5. The van der Waals surface area contributed by atoms with Crippen LogP contribution in [-0.4, -0.2) is 109 Å². The molecule has 8 atom stereocenters. The molecule has 1 aromatic carbocycles. The van der Waals surface area contributed by atoms with Crippen molar-refractivity contribution in [3.63, 3.8) is 0 Å². The van der Waals surface area contributed by atoms with Crippen molar-refractivity contribution < 1.29 is 48.0 Å². The molecule has 0 radical (unpaired) electrons. The van der Waals surface area contributed by atoms with Crippen LogP contribution >= 0.6 is 24.2 Å². The summed E-state index contributed by atoms with van der Waals surface area (Å²) in [6.07, 6.45) is 1.61. The molecular weight excluding hydrogens is 726 g/mol. The molecule has 4 bridgehead atoms. The van der Waals surface area contributed by atoms with Crippen LogP contribution in [0.4, 0.5) is 10.5 Å². The number of halogens is 1. The fourth-order valence-corrected chi connectivity index (χ4v) is 7.23. The van der Waals surface area contributed by atoms with E-state index in [0.29, 0.717) is 24.3 Å². The second kappa shape index (κ2) is 16.6. The quantitative estimate of drug-likeness (QED) is 0.187. The fraction of sp³-hybridized carbons (Fsp3) is 0.632. The van der Waals surface area contributed by atoms with Crippen LogP contribution in [0.1, 0.15) is 72.8 Å². The third-order valence-corrected chi connectivity index (χ3v) is 11.1. The van der Waals surface area contributed by atoms with E-state index in [1.54, 1.807) is 52.1 Å². The van der Waals surface area contributed by atoms with Gasteiger partial charge >= 0.3 is 12.1 Å². The molecule has 3 aliphatic rings. The van der Waals surface area contributed by atoms with Gasteiger partial charge in [0.1, 0.15) is 40.7 Å². The monoisotopic (exact) mass is 779 g/mol. The largest absolute Gasteiger partial charge is 0.495 e. The molecule has 15 heteroatoms. The van der Waals surface area contributed by atoms with E-state index in [-0.39, 0.29) is 34.9 Å². The van der Waals surface area contributed by atoms with Gasteiger partial charge in [-0.15, -0.1) is 0 Å². The molecule has 0 aliphatic carbocycles. The number of esters is 1. The highest BCUT2D eigenvalue weighted by Gasteiger charge is 2.64. The number of amides is 3. The van der Waals surface area contributed by atoms with Crippen molar-refractivity contribution in [2.45, 2.75) is 120 Å². The second-order valence-corrected chi connectivity index (χ2v) is 16.8. The highest BCUT2D eigenvalue weighted by atomic mass is 35.5. The number of alkyl carbamates (subject to hydrolysis) is 1. The lowest BCUT2D eigenvalue weighted by Crippen LogP contribution is -2.63. The van der Waals surface area contributed by atoms with Gasteiger partial charge < -0.3 is 38.6 Å². The van der Waals surface area contributed by atoms with Gasteiger partial charge in [0.05, 0.1) is 25.3 Å². The summed E-state index contributed by atoms with van der Waals surface area (Å²) in [5.41, 5.74) is -0.916. The Morgan fingerprint density at radius 1 is 1.26 bits per heavy atom. The number of anilines is 1. The molecule has 0 spiro atoms. The zero-order valence-electron chi connectivity index (χ0n) is 32.2. The SMILES string of the molecule is COc1cc2cc(c1Cl)N(C)C(=O)C[C@H](OC(=O)[C@@H](C)N(C)C(=O)CCC(C)(C)S)[C@]1(C)O[C@H]1[C@H](C)C1C[C@@](O)(NC(=O)O1)[C@H](OC)/C=C/C=C(\C)C2. The Balaban J connectivity index is 1.74. The van der Waals surface area contributed by atoms with Gasteiger partial charge in [0.25, 0.3) is 0 Å². The lowest BCUT2D eigenvalue weighted by Gasteiger charge is -2.42. The molecule has 1 unspecified atom stereocenters. The highest BCUT2D eigenvalue weighted by molar-refractivity contribution is 7.81. The van der Waals surface area contributed by atoms with Crippen LogP contribution in [-0.2, 0) is 39.8 Å². The van der Waals surface area contributed by atoms with Crippen molar-refractivity contribution in [1.82, 2.24) is 10.2 Å². The molecule has 4 rings (SSSR count). The lowest BCUT2D eigenvalue weighted by atomic mass is 9.83. The van der Waals surface area contributed by atoms with Gasteiger partial charge in [0.15, 0.2) is 5.72 Å². The number of nitrogens with zero attached hydrogens (tertiary/aromatic N) is 2. The molecule has 2 saturated heterocycles. The molecule has 0 saturated carbocycles. The van der Waals surface area contributed by atoms with E-state index in [0.717, 1.165) is 11.1 Å². The first-order valence-corrected chi connectivity index (χ1v) is 18.5. The summed E-state index contributed by atoms with van der Waals surface area (Å²) >= 11 is 11.3. The number of epoxide rings is 1. The van der Waals surface area contributed by atoms with Gasteiger partial charge in [0, 0.05) is 44.7 Å². The van der Waals surface area contributed by atoms with Gasteiger partial charge in [-0.2, -0.15) is 12.6 Å². The van der Waals surface area contributed by atoms with Crippen molar-refractivity contribution >= 4 is 53.8 Å². The van der Waals surface area contributed by atoms with Gasteiger partial charge in [-0.05, 0) is 51.3 Å². The van der Waals surface area contributed by atoms with Gasteiger partial charge in [0.2, 0.25) is 11.8 Å². The summed E-state index contributed by atoms with van der Waals surface area (Å²) in [6.45, 7) is 10.8. The van der Waals surface area contributed by atoms with E-state index in [4.69, 9.17) is 35.3 Å². The maximum Gasteiger partial charge on any atom is 0.409 e. The Labute approximate surface area is 322 Å². The van der Waals surface area contributed by atoms with Crippen LogP contribution in [0.15, 0.2) is 35.9 Å². The predicted molar refractivity (Wildman–Crippen MR) is 203 cm³/mol. The van der Waals surface area contributed by atoms with E-state index in [9.17, 15) is 24.3 Å². The average Bonchev–Trinajstić information content (AvgIpc) is 3.78. The first-order chi connectivity index (χ1) is 24.6. The zero-order chi connectivity index (χ0) is 39.6. The van der Waals surface area contributed by atoms with Gasteiger partial charge in [-0.25, -0.2) is 9.59 Å². The number of ether oxygens (including phenoxy) is 5. The van der Waals surface area contributed by atoms with E-state index < -0.39 is 65.7 Å². The summed E-state index contributed by atoms with van der Waals surface area (Å²) in [6, 6.07) is 2.60. The van der Waals surface area contributed by atoms with Crippen LogP contribution in [0.2, 0.25) is 5.02 Å². The van der Waals surface area contributed by atoms with Crippen molar-refractivity contribution in [3.05, 3.63) is 46.5 Å². The summed E-state index contributed by atoms with van der Waals surface area (Å²) < 4.78 is 28.8. The Morgan fingerprint density at radius 2 is 1.94 bits per heavy atom. The molecule has 2 fully saturated rings. The number of carbonyl (C=O) groups is 4. The summed E-state index contributed by atoms with van der Waals surface area (Å²) in [5.74, 6) is -1.58. The number of nitrogens with one attached hydrogen (secondary N) is 1. The van der Waals surface area contributed by atoms with Crippen LogP contribution < -0.4 is 15.0 Å². The predicted octanol–water partition coefficient (Wildman–Crippen LogP) is 5.00. The Morgan fingerprint density at radius 3 is 2.57 bits per heavy atom. The number of methoxy groups -OCH3 is 2. The normalized spacial score (nSPS) is 31.5. The number of likely N-dealkylation sites (N-methyl/N-ethyl adjacent to an activating group) is 1. The topological polar surface area (TPSA) is 156 Å². The molecule has 3 heterocycles. The lowest BCUT2D eigenvalue weighted by molar-refractivity contribution is -0.162. The molecule has 294 valence electrons. The van der Waals surface area contributed by atoms with Gasteiger partial charge in [-0.3, -0.25) is 14.9 Å². The van der Waals surface area contributed by atoms with E-state index in [1.807, 2.05) is 26.8 Å².